The van der Waals surface area contributed by atoms with Crippen molar-refractivity contribution in [3.05, 3.63) is 18.0 Å². The van der Waals surface area contributed by atoms with E-state index in [2.05, 4.69) is 9.97 Å². The van der Waals surface area contributed by atoms with Crippen molar-refractivity contribution < 1.29 is 8.42 Å². The Hall–Kier alpha value is -1.35. The molecular formula is C11H17N5O2S2. The SMILES string of the molecule is CCS(=O)(=O)C1CSCCN1c1nccc(C(=N)N)n1. The van der Waals surface area contributed by atoms with Gasteiger partial charge in [0.05, 0.1) is 0 Å². The van der Waals surface area contributed by atoms with Gasteiger partial charge in [0.25, 0.3) is 0 Å². The molecule has 1 aliphatic rings. The lowest BCUT2D eigenvalue weighted by atomic mass is 10.4. The Morgan fingerprint density at radius 2 is 2.40 bits per heavy atom. The molecular weight excluding hydrogens is 298 g/mol. The van der Waals surface area contributed by atoms with Crippen LogP contribution in [0.3, 0.4) is 0 Å². The summed E-state index contributed by atoms with van der Waals surface area (Å²) in [7, 11) is -3.21. The summed E-state index contributed by atoms with van der Waals surface area (Å²) in [6.07, 6.45) is 1.50. The number of nitrogen functional groups attached to an aromatic ring is 1. The first-order valence-corrected chi connectivity index (χ1v) is 9.06. The van der Waals surface area contributed by atoms with Gasteiger partial charge in [0.15, 0.2) is 9.84 Å². The van der Waals surface area contributed by atoms with E-state index in [1.165, 1.54) is 12.3 Å². The average Bonchev–Trinajstić information content (AvgIpc) is 2.47. The maximum Gasteiger partial charge on any atom is 0.227 e. The van der Waals surface area contributed by atoms with Crippen LogP contribution >= 0.6 is 11.8 Å². The van der Waals surface area contributed by atoms with E-state index in [1.54, 1.807) is 23.6 Å². The highest BCUT2D eigenvalue weighted by Crippen LogP contribution is 2.24. The number of anilines is 1. The van der Waals surface area contributed by atoms with Crippen LogP contribution in [0.5, 0.6) is 0 Å². The van der Waals surface area contributed by atoms with Crippen molar-refractivity contribution in [2.24, 2.45) is 5.73 Å². The van der Waals surface area contributed by atoms with Crippen molar-refractivity contribution >= 4 is 33.4 Å². The molecule has 2 rings (SSSR count). The normalized spacial score (nSPS) is 19.9. The molecule has 1 aromatic heterocycles. The van der Waals surface area contributed by atoms with Gasteiger partial charge in [0, 0.05) is 30.0 Å². The van der Waals surface area contributed by atoms with Crippen molar-refractivity contribution in [1.82, 2.24) is 9.97 Å². The van der Waals surface area contributed by atoms with Gasteiger partial charge < -0.3 is 10.6 Å². The molecule has 9 heteroatoms. The number of hydrogen-bond donors (Lipinski definition) is 2. The van der Waals surface area contributed by atoms with Crippen molar-refractivity contribution in [2.45, 2.75) is 12.3 Å². The van der Waals surface area contributed by atoms with Crippen LogP contribution in [0, 0.1) is 5.41 Å². The fourth-order valence-electron chi connectivity index (χ4n) is 1.94. The molecule has 1 saturated heterocycles. The Morgan fingerprint density at radius 3 is 3.05 bits per heavy atom. The minimum atomic E-state index is -3.21. The fraction of sp³-hybridized carbons (Fsp3) is 0.545. The third-order valence-electron chi connectivity index (χ3n) is 3.08. The van der Waals surface area contributed by atoms with E-state index in [1.807, 2.05) is 0 Å². The Morgan fingerprint density at radius 1 is 1.65 bits per heavy atom. The molecule has 0 spiro atoms. The van der Waals surface area contributed by atoms with Crippen molar-refractivity contribution in [3.8, 4) is 0 Å². The summed E-state index contributed by atoms with van der Waals surface area (Å²) < 4.78 is 24.4. The van der Waals surface area contributed by atoms with Crippen molar-refractivity contribution in [3.63, 3.8) is 0 Å². The molecule has 7 nitrogen and oxygen atoms in total. The zero-order valence-electron chi connectivity index (χ0n) is 11.1. The van der Waals surface area contributed by atoms with Crippen LogP contribution < -0.4 is 10.6 Å². The van der Waals surface area contributed by atoms with Gasteiger partial charge in [-0.1, -0.05) is 6.92 Å². The highest BCUT2D eigenvalue weighted by atomic mass is 32.2. The zero-order valence-corrected chi connectivity index (χ0v) is 12.7. The second-order valence-corrected chi connectivity index (χ2v) is 7.93. The molecule has 0 aromatic carbocycles. The van der Waals surface area contributed by atoms with Gasteiger partial charge in [-0.15, -0.1) is 0 Å². The van der Waals surface area contributed by atoms with Gasteiger partial charge in [0.1, 0.15) is 16.9 Å². The summed E-state index contributed by atoms with van der Waals surface area (Å²) in [5.41, 5.74) is 5.72. The molecule has 1 aromatic rings. The van der Waals surface area contributed by atoms with Gasteiger partial charge in [-0.3, -0.25) is 5.41 Å². The lowest BCUT2D eigenvalue weighted by Crippen LogP contribution is -2.48. The highest BCUT2D eigenvalue weighted by Gasteiger charge is 2.34. The van der Waals surface area contributed by atoms with Gasteiger partial charge >= 0.3 is 0 Å². The lowest BCUT2D eigenvalue weighted by Gasteiger charge is -2.34. The van der Waals surface area contributed by atoms with Gasteiger partial charge in [-0.25, -0.2) is 18.4 Å². The average molecular weight is 315 g/mol. The summed E-state index contributed by atoms with van der Waals surface area (Å²) in [5, 5.41) is 6.78. The van der Waals surface area contributed by atoms with Crippen molar-refractivity contribution in [2.75, 3.05) is 28.7 Å². The van der Waals surface area contributed by atoms with Crippen molar-refractivity contribution in [1.29, 1.82) is 5.41 Å². The van der Waals surface area contributed by atoms with Gasteiger partial charge in [-0.2, -0.15) is 11.8 Å². The summed E-state index contributed by atoms with van der Waals surface area (Å²) in [6, 6.07) is 1.54. The zero-order chi connectivity index (χ0) is 14.8. The molecule has 0 aliphatic carbocycles. The molecule has 2 heterocycles. The number of amidine groups is 1. The number of rotatable bonds is 4. The minimum absolute atomic E-state index is 0.0845. The molecule has 0 radical (unpaired) electrons. The molecule has 0 amide bonds. The first-order chi connectivity index (χ1) is 9.45. The maximum absolute atomic E-state index is 12.2. The van der Waals surface area contributed by atoms with Crippen LogP contribution in [0.15, 0.2) is 12.3 Å². The van der Waals surface area contributed by atoms with Crippen LogP contribution in [-0.2, 0) is 9.84 Å². The topological polar surface area (TPSA) is 113 Å². The number of nitrogens with zero attached hydrogens (tertiary/aromatic N) is 3. The molecule has 110 valence electrons. The van der Waals surface area contributed by atoms with Gasteiger partial charge in [-0.05, 0) is 6.07 Å². The van der Waals surface area contributed by atoms with E-state index >= 15 is 0 Å². The molecule has 0 saturated carbocycles. The van der Waals surface area contributed by atoms with E-state index in [9.17, 15) is 8.42 Å². The first kappa shape index (κ1) is 15.0. The predicted octanol–water partition coefficient (Wildman–Crippen LogP) is 0.0747. The third kappa shape index (κ3) is 3.04. The standard InChI is InChI=1S/C11H17N5O2S2/c1-2-20(17,18)9-7-19-6-5-16(9)11-14-4-3-8(15-11)10(12)13/h3-4,9H,2,5-7H2,1H3,(H3,12,13). The number of nitrogens with two attached hydrogens (primary N) is 1. The van der Waals surface area contributed by atoms with Crippen LogP contribution in [0.25, 0.3) is 0 Å². The van der Waals surface area contributed by atoms with E-state index in [0.29, 0.717) is 23.9 Å². The van der Waals surface area contributed by atoms with Gasteiger partial charge in [0.2, 0.25) is 5.95 Å². The first-order valence-electron chi connectivity index (χ1n) is 6.19. The van der Waals surface area contributed by atoms with E-state index in [-0.39, 0.29) is 11.6 Å². The van der Waals surface area contributed by atoms with Crippen LogP contribution in [-0.4, -0.2) is 53.4 Å². The molecule has 0 bridgehead atoms. The fourth-order valence-corrected chi connectivity index (χ4v) is 4.90. The number of thioether (sulfide) groups is 1. The maximum atomic E-state index is 12.2. The summed E-state index contributed by atoms with van der Waals surface area (Å²) in [5.74, 6) is 1.57. The molecule has 1 atom stereocenters. The van der Waals surface area contributed by atoms with E-state index in [0.717, 1.165) is 5.75 Å². The Kier molecular flexibility index (Phi) is 4.48. The number of aromatic nitrogens is 2. The smallest absolute Gasteiger partial charge is 0.227 e. The quantitative estimate of drug-likeness (QED) is 0.597. The predicted molar refractivity (Wildman–Crippen MR) is 81.0 cm³/mol. The highest BCUT2D eigenvalue weighted by molar-refractivity contribution is 8.01. The Bertz CT molecular complexity index is 605. The number of sulfone groups is 1. The Balaban J connectivity index is 2.38. The van der Waals surface area contributed by atoms with E-state index < -0.39 is 15.2 Å². The molecule has 1 fully saturated rings. The van der Waals surface area contributed by atoms with E-state index in [4.69, 9.17) is 11.1 Å². The molecule has 1 unspecified atom stereocenters. The second kappa shape index (κ2) is 5.96. The Labute approximate surface area is 122 Å². The lowest BCUT2D eigenvalue weighted by molar-refractivity contribution is 0.577. The molecule has 20 heavy (non-hydrogen) atoms. The van der Waals surface area contributed by atoms with Crippen LogP contribution in [0.4, 0.5) is 5.95 Å². The molecule has 1 aliphatic heterocycles. The minimum Gasteiger partial charge on any atom is -0.382 e. The monoisotopic (exact) mass is 315 g/mol. The third-order valence-corrected chi connectivity index (χ3v) is 6.37. The number of hydrogen-bond acceptors (Lipinski definition) is 7. The summed E-state index contributed by atoms with van der Waals surface area (Å²) in [6.45, 7) is 2.20. The largest absolute Gasteiger partial charge is 0.382 e. The number of nitrogens with one attached hydrogen (secondary N) is 1. The molecule has 3 N–H and O–H groups in total. The summed E-state index contributed by atoms with van der Waals surface area (Å²) in [4.78, 5) is 10.0. The van der Waals surface area contributed by atoms with Crippen LogP contribution in [0.2, 0.25) is 0 Å². The second-order valence-electron chi connectivity index (χ2n) is 4.33. The summed E-state index contributed by atoms with van der Waals surface area (Å²) >= 11 is 1.61. The van der Waals surface area contributed by atoms with Crippen LogP contribution in [0.1, 0.15) is 12.6 Å².